The van der Waals surface area contributed by atoms with Crippen LogP contribution >= 0.6 is 11.8 Å². The topological polar surface area (TPSA) is 500 Å². The van der Waals surface area contributed by atoms with Crippen LogP contribution in [-0.2, 0) is 121 Å². The van der Waals surface area contributed by atoms with Crippen LogP contribution in [-0.4, -0.2) is 273 Å². The standard InChI is InChI=1S/C95H121F3N16O19S/c1-12-14-32-76(112(9)93(132)78(47-59-26-19-16-20-27-59)114(11)91(130)73(102-55-115)45-62-28-23-29-64(42-62)95(96,97)98)92(131)111(8)53-81(120)104-72(49-82(121)122)88(127)109-83(57(5)6)94(133)113(10)77(46-58-24-17-15-18-25-58)89(128)107-74(44-61-35-39-66(117)40-36-61)90(129)110(7)52-80(119)103-71(48-63-50-100-68-31-22-21-30-67(63)68)87(126)106-70(43-60-33-37-65(116)38-34-60)86(125)105-69(41-56(3)4)85(124)108-75(54-134-13-2)84(123)101-51-79(99)118/h15-31,33-40,42,50,55-57,69-78,83,100,116-117H,12-14,32,41,43-49,51-54H2,1-11H3,(H2,99,118)(H,101,123)(H,102,115)(H,103,119)(H,104,120)(H,105,125)(H,106,126)(H,107,128)(H,108,124)(H,109,127)(H,121,122)/t69-,70-,71-,72-,73-,74-,75-,76-,77-,78-,83-/m0/s1. The summed E-state index contributed by atoms with van der Waals surface area (Å²) < 4.78 is 41.4. The van der Waals surface area contributed by atoms with E-state index in [1.807, 2.05) is 13.8 Å². The van der Waals surface area contributed by atoms with Gasteiger partial charge in [-0.2, -0.15) is 24.9 Å². The summed E-state index contributed by atoms with van der Waals surface area (Å²) in [5.74, 6) is -14.8. The molecule has 11 atom stereocenters. The summed E-state index contributed by atoms with van der Waals surface area (Å²) in [6.07, 6.45) is -4.70. The minimum Gasteiger partial charge on any atom is -0.508 e. The van der Waals surface area contributed by atoms with Crippen LogP contribution in [0.25, 0.3) is 10.9 Å². The molecule has 0 aliphatic rings. The van der Waals surface area contributed by atoms with Gasteiger partial charge >= 0.3 is 12.1 Å². The average Bonchev–Trinajstić information content (AvgIpc) is 1.71. The van der Waals surface area contributed by atoms with Crippen molar-refractivity contribution >= 4 is 118 Å². The number of aromatic nitrogens is 1. The van der Waals surface area contributed by atoms with Crippen LogP contribution in [0.5, 0.6) is 11.5 Å². The van der Waals surface area contributed by atoms with Crippen molar-refractivity contribution in [3.8, 4) is 11.5 Å². The molecule has 0 unspecified atom stereocenters. The number of halogens is 3. The molecular formula is C95H121F3N16O19S. The third-order valence-corrected chi connectivity index (χ3v) is 23.4. The molecule has 0 radical (unpaired) electrons. The van der Waals surface area contributed by atoms with Gasteiger partial charge in [0.2, 0.25) is 89.1 Å². The van der Waals surface area contributed by atoms with Gasteiger partial charge in [-0.25, -0.2) is 0 Å². The second-order valence-corrected chi connectivity index (χ2v) is 35.0. The van der Waals surface area contributed by atoms with Crippen molar-refractivity contribution in [3.63, 3.8) is 0 Å². The van der Waals surface area contributed by atoms with E-state index in [4.69, 9.17) is 5.73 Å². The molecule has 1 aromatic heterocycles. The average molecular weight is 1880 g/mol. The second kappa shape index (κ2) is 51.8. The van der Waals surface area contributed by atoms with Gasteiger partial charge in [-0.1, -0.05) is 176 Å². The van der Waals surface area contributed by atoms with Gasteiger partial charge < -0.3 is 98.4 Å². The van der Waals surface area contributed by atoms with Crippen molar-refractivity contribution < 1.29 is 105 Å². The molecule has 7 aromatic rings. The van der Waals surface area contributed by atoms with Gasteiger partial charge in [-0.15, -0.1) is 0 Å². The summed E-state index contributed by atoms with van der Waals surface area (Å²) >= 11 is 1.32. The number of unbranched alkanes of at least 4 members (excludes halogenated alkanes) is 1. The molecule has 134 heavy (non-hydrogen) atoms. The number of phenols is 2. The van der Waals surface area contributed by atoms with Crippen LogP contribution in [0.3, 0.4) is 0 Å². The molecule has 722 valence electrons. The number of carboxylic acids is 1. The van der Waals surface area contributed by atoms with Gasteiger partial charge in [0.05, 0.1) is 31.6 Å². The van der Waals surface area contributed by atoms with E-state index in [9.17, 15) is 81.2 Å². The van der Waals surface area contributed by atoms with Crippen molar-refractivity contribution in [1.82, 2.24) is 77.3 Å². The first-order valence-corrected chi connectivity index (χ1v) is 45.0. The Morgan fingerprint density at radius 2 is 0.955 bits per heavy atom. The first-order valence-electron chi connectivity index (χ1n) is 43.8. The normalized spacial score (nSPS) is 13.8. The Labute approximate surface area is 779 Å². The van der Waals surface area contributed by atoms with E-state index < -0.39 is 205 Å². The number of hydrogen-bond donors (Lipinski definition) is 14. The number of para-hydroxylation sites is 1. The Hall–Kier alpha value is -13.9. The number of primary amides is 1. The lowest BCUT2D eigenvalue weighted by atomic mass is 9.98. The number of hydrogen-bond acceptors (Lipinski definition) is 19. The molecule has 15 amide bonds. The smallest absolute Gasteiger partial charge is 0.416 e. The largest absolute Gasteiger partial charge is 0.508 e. The minimum absolute atomic E-state index is 0.00166. The summed E-state index contributed by atoms with van der Waals surface area (Å²) in [6.45, 7) is 8.14. The van der Waals surface area contributed by atoms with Crippen LogP contribution in [0.4, 0.5) is 13.2 Å². The van der Waals surface area contributed by atoms with E-state index >= 15 is 24.0 Å². The molecule has 0 saturated heterocycles. The molecule has 0 aliphatic carbocycles. The van der Waals surface area contributed by atoms with Gasteiger partial charge in [-0.3, -0.25) is 76.7 Å². The van der Waals surface area contributed by atoms with Gasteiger partial charge in [0.15, 0.2) is 0 Å². The fourth-order valence-electron chi connectivity index (χ4n) is 15.0. The van der Waals surface area contributed by atoms with Crippen molar-refractivity contribution in [1.29, 1.82) is 0 Å². The van der Waals surface area contributed by atoms with Crippen LogP contribution in [0, 0.1) is 11.8 Å². The molecule has 15 N–H and O–H groups in total. The van der Waals surface area contributed by atoms with Crippen LogP contribution in [0.15, 0.2) is 164 Å². The number of aromatic hydroxyl groups is 2. The molecule has 0 spiro atoms. The number of rotatable bonds is 52. The maximum atomic E-state index is 15.4. The number of alkyl halides is 3. The second-order valence-electron chi connectivity index (χ2n) is 33.6. The van der Waals surface area contributed by atoms with Gasteiger partial charge in [-0.05, 0) is 100 Å². The molecular weight excluding hydrogens is 1760 g/mol. The zero-order valence-electron chi connectivity index (χ0n) is 76.7. The van der Waals surface area contributed by atoms with E-state index in [0.717, 1.165) is 42.7 Å². The quantitative estimate of drug-likeness (QED) is 0.0240. The predicted octanol–water partition coefficient (Wildman–Crippen LogP) is 3.98. The van der Waals surface area contributed by atoms with Gasteiger partial charge in [0, 0.05) is 96.6 Å². The van der Waals surface area contributed by atoms with E-state index in [1.165, 1.54) is 115 Å². The molecule has 0 fully saturated rings. The number of carbonyl (C=O) groups is 16. The lowest BCUT2D eigenvalue weighted by Crippen LogP contribution is -2.61. The Balaban J connectivity index is 1.12. The number of benzene rings is 6. The van der Waals surface area contributed by atoms with Crippen molar-refractivity contribution in [2.45, 2.75) is 185 Å². The number of aliphatic carboxylic acids is 1. The fraction of sp³-hybridized carbons (Fsp3) is 0.432. The zero-order valence-corrected chi connectivity index (χ0v) is 77.5. The molecule has 0 aliphatic heterocycles. The highest BCUT2D eigenvalue weighted by atomic mass is 32.2. The van der Waals surface area contributed by atoms with E-state index in [-0.39, 0.29) is 80.1 Å². The summed E-state index contributed by atoms with van der Waals surface area (Å²) in [7, 11) is 6.29. The number of nitrogens with zero attached hydrogens (tertiary/aromatic N) is 5. The van der Waals surface area contributed by atoms with E-state index in [1.54, 1.807) is 105 Å². The van der Waals surface area contributed by atoms with Gasteiger partial charge in [0.25, 0.3) is 0 Å². The number of nitrogens with one attached hydrogen (secondary N) is 10. The zero-order chi connectivity index (χ0) is 98.8. The summed E-state index contributed by atoms with van der Waals surface area (Å²) in [4.78, 5) is 236. The third kappa shape index (κ3) is 32.8. The highest BCUT2D eigenvalue weighted by molar-refractivity contribution is 7.99. The first-order chi connectivity index (χ1) is 63.5. The Bertz CT molecular complexity index is 5210. The third-order valence-electron chi connectivity index (χ3n) is 22.4. The van der Waals surface area contributed by atoms with Crippen molar-refractivity contribution in [3.05, 3.63) is 203 Å². The number of phenolic OH excluding ortho intramolecular Hbond substituents is 2. The highest BCUT2D eigenvalue weighted by Crippen LogP contribution is 2.31. The minimum atomic E-state index is -4.73. The Morgan fingerprint density at radius 1 is 0.478 bits per heavy atom. The monoisotopic (exact) mass is 1880 g/mol. The maximum absolute atomic E-state index is 15.4. The van der Waals surface area contributed by atoms with E-state index in [2.05, 4.69) is 52.8 Å². The molecule has 35 nitrogen and oxygen atoms in total. The summed E-state index contributed by atoms with van der Waals surface area (Å²) in [6, 6.07) is 22.9. The van der Waals surface area contributed by atoms with Crippen molar-refractivity contribution in [2.24, 2.45) is 17.6 Å². The molecule has 6 aromatic carbocycles. The molecule has 7 rings (SSSR count). The van der Waals surface area contributed by atoms with Crippen LogP contribution < -0.4 is 53.6 Å². The van der Waals surface area contributed by atoms with E-state index in [0.29, 0.717) is 57.3 Å². The number of nitrogens with two attached hydrogens (primary N) is 1. The first kappa shape index (κ1) is 107. The lowest BCUT2D eigenvalue weighted by molar-refractivity contribution is -0.151. The molecule has 1 heterocycles. The SMILES string of the molecule is CCCC[C@@H](C(=O)N(C)CC(=O)N[C@@H](CC(=O)O)C(=O)N[C@H](C(=O)N(C)[C@@H](Cc1ccccc1)C(=O)N[C@@H](Cc1ccc(O)cc1)C(=O)N(C)CC(=O)N[C@@H](Cc1c[nH]c2ccccc12)C(=O)N[C@@H](Cc1ccc(O)cc1)C(=O)N[C@@H](CC(C)C)C(=O)N[C@@H](CSCC)C(=O)NCC(N)=O)C(C)C)N(C)C(=O)[C@H](Cc1ccccc1)N(C)C(=O)[C@H](Cc1cccc(C(F)(F)F)c1)NC=O. The maximum Gasteiger partial charge on any atom is 0.416 e. The lowest BCUT2D eigenvalue weighted by Gasteiger charge is -2.37. The number of likely N-dealkylation sites (N-methyl/N-ethyl adjacent to an activating group) is 5. The number of thioether (sulfide) groups is 1. The number of aromatic amines is 1. The molecule has 0 saturated carbocycles. The fourth-order valence-corrected chi connectivity index (χ4v) is 15.7. The molecule has 39 heteroatoms. The summed E-state index contributed by atoms with van der Waals surface area (Å²) in [5.41, 5.74) is 7.38. The number of carbonyl (C=O) groups excluding carboxylic acids is 15. The Kier molecular flexibility index (Phi) is 41.4. The number of amides is 15. The highest BCUT2D eigenvalue weighted by Gasteiger charge is 2.43. The number of carboxylic acid groups (broad SMARTS) is 1. The number of fused-ring (bicyclic) bond motifs is 1. The van der Waals surface area contributed by atoms with Crippen molar-refractivity contribution in [2.75, 3.05) is 66.4 Å². The number of H-pyrrole nitrogens is 1. The van der Waals surface area contributed by atoms with Crippen LogP contribution in [0.2, 0.25) is 0 Å². The summed E-state index contributed by atoms with van der Waals surface area (Å²) in [5, 5.41) is 54.9. The predicted molar refractivity (Wildman–Crippen MR) is 494 cm³/mol. The van der Waals surface area contributed by atoms with Gasteiger partial charge in [0.1, 0.15) is 78.0 Å². The molecule has 0 bridgehead atoms. The van der Waals surface area contributed by atoms with Crippen LogP contribution in [0.1, 0.15) is 113 Å². The Morgan fingerprint density at radius 3 is 1.50 bits per heavy atom.